The molecule has 160 valence electrons. The first-order chi connectivity index (χ1) is 15.0. The van der Waals surface area contributed by atoms with Crippen LogP contribution in [0.4, 0.5) is 0 Å². The molecule has 2 N–H and O–H groups in total. The molecule has 31 heavy (non-hydrogen) atoms. The Hall–Kier alpha value is -2.98. The summed E-state index contributed by atoms with van der Waals surface area (Å²) in [5.74, 6) is -0.328. The van der Waals surface area contributed by atoms with Crippen molar-refractivity contribution in [3.63, 3.8) is 0 Å². The highest BCUT2D eigenvalue weighted by molar-refractivity contribution is 7.98. The molecule has 1 aromatic carbocycles. The molecule has 0 unspecified atom stereocenters. The molecule has 1 saturated heterocycles. The van der Waals surface area contributed by atoms with Gasteiger partial charge in [-0.25, -0.2) is 14.6 Å². The fourth-order valence-corrected chi connectivity index (χ4v) is 4.32. The summed E-state index contributed by atoms with van der Waals surface area (Å²) in [4.78, 5) is 34.8. The van der Waals surface area contributed by atoms with Crippen LogP contribution >= 0.6 is 23.4 Å². The lowest BCUT2D eigenvalue weighted by molar-refractivity contribution is -0.123. The zero-order valence-corrected chi connectivity index (χ0v) is 18.1. The van der Waals surface area contributed by atoms with Crippen molar-refractivity contribution in [1.82, 2.24) is 29.9 Å². The summed E-state index contributed by atoms with van der Waals surface area (Å²) in [6, 6.07) is 8.89. The van der Waals surface area contributed by atoms with E-state index in [0.29, 0.717) is 47.6 Å². The van der Waals surface area contributed by atoms with E-state index >= 15 is 0 Å². The highest BCUT2D eigenvalue weighted by atomic mass is 35.5. The second-order valence-corrected chi connectivity index (χ2v) is 8.44. The number of aromatic nitrogens is 5. The van der Waals surface area contributed by atoms with E-state index in [0.717, 1.165) is 5.69 Å². The summed E-state index contributed by atoms with van der Waals surface area (Å²) in [6.07, 6.45) is 4.43. The van der Waals surface area contributed by atoms with Gasteiger partial charge in [-0.05, 0) is 43.2 Å². The summed E-state index contributed by atoms with van der Waals surface area (Å²) < 4.78 is 1.63. The molecule has 11 heteroatoms. The van der Waals surface area contributed by atoms with E-state index in [1.807, 2.05) is 12.1 Å². The van der Waals surface area contributed by atoms with Crippen molar-refractivity contribution in [2.75, 3.05) is 13.1 Å². The minimum atomic E-state index is -0.319. The number of hydrogen-bond donors (Lipinski definition) is 1. The molecular formula is C20H20ClN7O2S. The number of hydrogen-bond acceptors (Lipinski definition) is 7. The summed E-state index contributed by atoms with van der Waals surface area (Å²) >= 11 is 7.40. The number of nitrogens with two attached hydrogens (primary N) is 1. The Morgan fingerprint density at radius 3 is 2.45 bits per heavy atom. The molecular weight excluding hydrogens is 438 g/mol. The lowest BCUT2D eigenvalue weighted by Crippen LogP contribution is -2.42. The van der Waals surface area contributed by atoms with Crippen LogP contribution in [0, 0.1) is 5.92 Å². The third-order valence-electron chi connectivity index (χ3n) is 5.10. The monoisotopic (exact) mass is 457 g/mol. The smallest absolute Gasteiger partial charge is 0.276 e. The second kappa shape index (κ2) is 9.44. The summed E-state index contributed by atoms with van der Waals surface area (Å²) in [6.45, 7) is 0.906. The number of carbonyl (C=O) groups is 2. The summed E-state index contributed by atoms with van der Waals surface area (Å²) in [7, 11) is 0. The molecule has 0 atom stereocenters. The highest BCUT2D eigenvalue weighted by Gasteiger charge is 2.30. The van der Waals surface area contributed by atoms with Crippen LogP contribution < -0.4 is 5.73 Å². The van der Waals surface area contributed by atoms with Crippen LogP contribution in [0.1, 0.15) is 29.0 Å². The molecule has 3 aromatic rings. The number of carbonyl (C=O) groups excluding carboxylic acids is 2. The van der Waals surface area contributed by atoms with Crippen molar-refractivity contribution < 1.29 is 9.59 Å². The molecule has 0 spiro atoms. The van der Waals surface area contributed by atoms with Crippen molar-refractivity contribution in [1.29, 1.82) is 0 Å². The van der Waals surface area contributed by atoms with E-state index in [-0.39, 0.29) is 23.4 Å². The van der Waals surface area contributed by atoms with Gasteiger partial charge in [0.1, 0.15) is 0 Å². The minimum Gasteiger partial charge on any atom is -0.369 e. The van der Waals surface area contributed by atoms with Gasteiger partial charge in [-0.15, -0.1) is 5.10 Å². The molecule has 0 saturated carbocycles. The van der Waals surface area contributed by atoms with Gasteiger partial charge < -0.3 is 10.6 Å². The molecule has 1 aliphatic rings. The Morgan fingerprint density at radius 1 is 1.13 bits per heavy atom. The molecule has 1 fully saturated rings. The Labute approximate surface area is 188 Å². The molecule has 2 amide bonds. The lowest BCUT2D eigenvalue weighted by Gasteiger charge is -2.30. The molecule has 1 aliphatic heterocycles. The zero-order chi connectivity index (χ0) is 21.8. The topological polar surface area (TPSA) is 120 Å². The van der Waals surface area contributed by atoms with Crippen molar-refractivity contribution >= 4 is 35.2 Å². The predicted octanol–water partition coefficient (Wildman–Crippen LogP) is 2.34. The standard InChI is InChI=1S/C20H20ClN7O2S/c21-14-2-4-15(5-3-14)28-16(12-31-20-23-8-1-9-24-20)17(25-26-28)19(30)27-10-6-13(7-11-27)18(22)29/h1-5,8-9,13H,6-7,10-12H2,(H2,22,29). The van der Waals surface area contributed by atoms with Gasteiger partial charge >= 0.3 is 0 Å². The van der Waals surface area contributed by atoms with Crippen LogP contribution in [0.5, 0.6) is 0 Å². The van der Waals surface area contributed by atoms with Crippen LogP contribution in [-0.4, -0.2) is 54.8 Å². The molecule has 0 radical (unpaired) electrons. The van der Waals surface area contributed by atoms with Crippen LogP contribution in [0.3, 0.4) is 0 Å². The fourth-order valence-electron chi connectivity index (χ4n) is 3.40. The zero-order valence-electron chi connectivity index (χ0n) is 16.5. The average Bonchev–Trinajstić information content (AvgIpc) is 3.22. The number of piperidine rings is 1. The van der Waals surface area contributed by atoms with Crippen LogP contribution in [0.2, 0.25) is 5.02 Å². The first kappa shape index (κ1) is 21.3. The minimum absolute atomic E-state index is 0.195. The maximum Gasteiger partial charge on any atom is 0.276 e. The van der Waals surface area contributed by atoms with Crippen molar-refractivity contribution in [2.45, 2.75) is 23.8 Å². The number of thioether (sulfide) groups is 1. The normalized spacial score (nSPS) is 14.5. The van der Waals surface area contributed by atoms with Crippen molar-refractivity contribution in [3.8, 4) is 5.69 Å². The van der Waals surface area contributed by atoms with Crippen molar-refractivity contribution in [2.24, 2.45) is 11.7 Å². The molecule has 4 rings (SSSR count). The number of rotatable bonds is 6. The van der Waals surface area contributed by atoms with Gasteiger partial charge in [0.05, 0.1) is 11.4 Å². The van der Waals surface area contributed by atoms with Crippen LogP contribution in [0.25, 0.3) is 5.69 Å². The van der Waals surface area contributed by atoms with Gasteiger partial charge in [-0.1, -0.05) is 28.6 Å². The molecule has 3 heterocycles. The van der Waals surface area contributed by atoms with Gasteiger partial charge in [-0.3, -0.25) is 9.59 Å². The van der Waals surface area contributed by atoms with Gasteiger partial charge in [0.25, 0.3) is 5.91 Å². The first-order valence-corrected chi connectivity index (χ1v) is 11.1. The van der Waals surface area contributed by atoms with Crippen LogP contribution in [-0.2, 0) is 10.5 Å². The second-order valence-electron chi connectivity index (χ2n) is 7.06. The number of primary amides is 1. The number of halogens is 1. The maximum absolute atomic E-state index is 13.2. The van der Waals surface area contributed by atoms with E-state index in [9.17, 15) is 9.59 Å². The number of benzene rings is 1. The number of likely N-dealkylation sites (tertiary alicyclic amines) is 1. The number of nitrogens with zero attached hydrogens (tertiary/aromatic N) is 6. The quantitative estimate of drug-likeness (QED) is 0.445. The van der Waals surface area contributed by atoms with E-state index in [2.05, 4.69) is 20.3 Å². The molecule has 9 nitrogen and oxygen atoms in total. The Morgan fingerprint density at radius 2 is 1.81 bits per heavy atom. The predicted molar refractivity (Wildman–Crippen MR) is 116 cm³/mol. The van der Waals surface area contributed by atoms with E-state index in [4.69, 9.17) is 17.3 Å². The van der Waals surface area contributed by atoms with E-state index < -0.39 is 0 Å². The van der Waals surface area contributed by atoms with E-state index in [1.54, 1.807) is 40.2 Å². The largest absolute Gasteiger partial charge is 0.369 e. The summed E-state index contributed by atoms with van der Waals surface area (Å²) in [5.41, 5.74) is 7.06. The molecule has 2 aromatic heterocycles. The fraction of sp³-hybridized carbons (Fsp3) is 0.300. The third-order valence-corrected chi connectivity index (χ3v) is 6.24. The Balaban J connectivity index is 1.61. The van der Waals surface area contributed by atoms with Crippen molar-refractivity contribution in [3.05, 3.63) is 59.1 Å². The highest BCUT2D eigenvalue weighted by Crippen LogP contribution is 2.25. The Bertz CT molecular complexity index is 1070. The summed E-state index contributed by atoms with van der Waals surface area (Å²) in [5, 5.41) is 9.63. The SMILES string of the molecule is NC(=O)C1CCN(C(=O)c2nnn(-c3ccc(Cl)cc3)c2CSc2ncccn2)CC1. The van der Waals surface area contributed by atoms with Gasteiger partial charge in [0.15, 0.2) is 10.9 Å². The molecule has 0 bridgehead atoms. The van der Waals surface area contributed by atoms with Gasteiger partial charge in [-0.2, -0.15) is 0 Å². The van der Waals surface area contributed by atoms with Gasteiger partial charge in [0.2, 0.25) is 5.91 Å². The van der Waals surface area contributed by atoms with Gasteiger partial charge in [0, 0.05) is 42.2 Å². The maximum atomic E-state index is 13.2. The van der Waals surface area contributed by atoms with E-state index in [1.165, 1.54) is 11.8 Å². The first-order valence-electron chi connectivity index (χ1n) is 9.72. The average molecular weight is 458 g/mol. The lowest BCUT2D eigenvalue weighted by atomic mass is 9.96. The third kappa shape index (κ3) is 4.86. The number of amides is 2. The molecule has 0 aliphatic carbocycles. The van der Waals surface area contributed by atoms with Crippen LogP contribution in [0.15, 0.2) is 47.9 Å². The Kier molecular flexibility index (Phi) is 6.47.